The van der Waals surface area contributed by atoms with Crippen LogP contribution in [0.5, 0.6) is 0 Å². The van der Waals surface area contributed by atoms with Crippen molar-refractivity contribution in [2.45, 2.75) is 32.5 Å². The van der Waals surface area contributed by atoms with Gasteiger partial charge in [-0.3, -0.25) is 10.1 Å². The second-order valence-corrected chi connectivity index (χ2v) is 6.43. The molecule has 0 unspecified atom stereocenters. The number of anilines is 1. The van der Waals surface area contributed by atoms with Gasteiger partial charge in [-0.05, 0) is 20.8 Å². The minimum atomic E-state index is -4.59. The molecule has 0 aliphatic heterocycles. The Morgan fingerprint density at radius 1 is 1.30 bits per heavy atom. The van der Waals surface area contributed by atoms with Crippen molar-refractivity contribution in [3.63, 3.8) is 0 Å². The Hall–Kier alpha value is -2.41. The lowest BCUT2D eigenvalue weighted by molar-refractivity contribution is -0.173. The van der Waals surface area contributed by atoms with Gasteiger partial charge in [-0.15, -0.1) is 11.3 Å². The number of rotatable bonds is 5. The van der Waals surface area contributed by atoms with Crippen LogP contribution in [-0.2, 0) is 14.4 Å². The molecule has 0 saturated carbocycles. The molecule has 0 aliphatic carbocycles. The summed E-state index contributed by atoms with van der Waals surface area (Å²) in [5.41, 5.74) is -1.23. The molecule has 3 N–H and O–H groups in total. The van der Waals surface area contributed by atoms with Crippen LogP contribution in [0, 0.1) is 0 Å². The zero-order chi connectivity index (χ0) is 21.3. The summed E-state index contributed by atoms with van der Waals surface area (Å²) in [5, 5.41) is 16.2. The van der Waals surface area contributed by atoms with Crippen LogP contribution in [0.15, 0.2) is 10.5 Å². The maximum atomic E-state index is 12.1. The normalized spacial score (nSPS) is 11.8. The third kappa shape index (κ3) is 10.4. The average molecular weight is 414 g/mol. The number of amides is 2. The highest BCUT2D eigenvalue weighted by atomic mass is 32.1. The molecular weight excluding hydrogens is 393 g/mol. The number of hydrogen-bond donors (Lipinski definition) is 3. The van der Waals surface area contributed by atoms with Crippen LogP contribution in [-0.4, -0.2) is 60.3 Å². The number of aliphatic hydroxyl groups excluding tert-OH is 1. The topological polar surface area (TPSA) is 122 Å². The number of hydrogen-bond acceptors (Lipinski definition) is 8. The van der Waals surface area contributed by atoms with E-state index in [-0.39, 0.29) is 10.8 Å². The number of nitrogens with one attached hydrogen (secondary N) is 2. The summed E-state index contributed by atoms with van der Waals surface area (Å²) in [6.45, 7) is 3.37. The van der Waals surface area contributed by atoms with Gasteiger partial charge in [0.25, 0.3) is 5.91 Å². The Labute approximate surface area is 157 Å². The summed E-state index contributed by atoms with van der Waals surface area (Å²) >= 11 is 0.937. The van der Waals surface area contributed by atoms with Gasteiger partial charge in [0.2, 0.25) is 6.61 Å². The van der Waals surface area contributed by atoms with E-state index >= 15 is 0 Å². The predicted octanol–water partition coefficient (Wildman–Crippen LogP) is 2.13. The van der Waals surface area contributed by atoms with Crippen molar-refractivity contribution in [2.75, 3.05) is 26.1 Å². The highest BCUT2D eigenvalue weighted by Gasteiger charge is 2.29. The number of aromatic nitrogens is 1. The van der Waals surface area contributed by atoms with Gasteiger partial charge in [0.05, 0.1) is 0 Å². The molecule has 154 valence electrons. The van der Waals surface area contributed by atoms with Gasteiger partial charge in [0.1, 0.15) is 11.3 Å². The Morgan fingerprint density at radius 2 is 1.89 bits per heavy atom. The molecule has 0 bridgehead atoms. The molecule has 2 amide bonds. The molecule has 1 aromatic heterocycles. The highest BCUT2D eigenvalue weighted by Crippen LogP contribution is 2.19. The largest absolute Gasteiger partial charge is 0.444 e. The van der Waals surface area contributed by atoms with Crippen molar-refractivity contribution in [2.24, 2.45) is 5.16 Å². The molecule has 1 aromatic rings. The second kappa shape index (κ2) is 10.7. The average Bonchev–Trinajstić information content (AvgIpc) is 2.98. The quantitative estimate of drug-likeness (QED) is 0.501. The van der Waals surface area contributed by atoms with Crippen molar-refractivity contribution in [1.82, 2.24) is 10.3 Å². The first-order valence-electron chi connectivity index (χ1n) is 7.30. The van der Waals surface area contributed by atoms with Crippen molar-refractivity contribution in [3.05, 3.63) is 11.1 Å². The Bertz CT molecular complexity index is 656. The molecule has 0 fully saturated rings. The maximum Gasteiger partial charge on any atom is 0.425 e. The molecule has 9 nitrogen and oxygen atoms in total. The number of thiazole rings is 1. The van der Waals surface area contributed by atoms with Crippen molar-refractivity contribution in [1.29, 1.82) is 0 Å². The minimum Gasteiger partial charge on any atom is -0.444 e. The Kier molecular flexibility index (Phi) is 9.72. The molecule has 13 heteroatoms. The Balaban J connectivity index is 0.00000326. The number of carbonyl (C=O) groups is 2. The summed E-state index contributed by atoms with van der Waals surface area (Å²) in [7, 11) is 2.27. The Morgan fingerprint density at radius 3 is 2.37 bits per heavy atom. The van der Waals surface area contributed by atoms with E-state index in [1.54, 1.807) is 20.8 Å². The van der Waals surface area contributed by atoms with E-state index in [0.717, 1.165) is 18.4 Å². The third-order valence-electron chi connectivity index (χ3n) is 2.18. The fourth-order valence-corrected chi connectivity index (χ4v) is 2.00. The van der Waals surface area contributed by atoms with E-state index in [0.29, 0.717) is 0 Å². The van der Waals surface area contributed by atoms with Crippen LogP contribution in [0.3, 0.4) is 0 Å². The number of nitrogens with zero attached hydrogens (tertiary/aromatic N) is 2. The summed E-state index contributed by atoms with van der Waals surface area (Å²) < 4.78 is 41.4. The molecule has 1 rings (SSSR count). The summed E-state index contributed by atoms with van der Waals surface area (Å²) in [6, 6.07) is 0. The fourth-order valence-electron chi connectivity index (χ4n) is 1.32. The van der Waals surface area contributed by atoms with Crippen LogP contribution in [0.25, 0.3) is 0 Å². The van der Waals surface area contributed by atoms with Crippen LogP contribution in [0.1, 0.15) is 26.5 Å². The number of halogens is 3. The highest BCUT2D eigenvalue weighted by molar-refractivity contribution is 7.14. The van der Waals surface area contributed by atoms with E-state index < -0.39 is 36.1 Å². The fraction of sp³-hybridized carbons (Fsp3) is 0.571. The first kappa shape index (κ1) is 24.6. The van der Waals surface area contributed by atoms with Gasteiger partial charge < -0.3 is 20.0 Å². The smallest absolute Gasteiger partial charge is 0.425 e. The van der Waals surface area contributed by atoms with Gasteiger partial charge in [0, 0.05) is 19.5 Å². The van der Waals surface area contributed by atoms with Gasteiger partial charge >= 0.3 is 12.3 Å². The zero-order valence-electron chi connectivity index (χ0n) is 15.3. The molecule has 0 saturated heterocycles. The molecule has 0 aliphatic rings. The monoisotopic (exact) mass is 414 g/mol. The lowest BCUT2D eigenvalue weighted by atomic mass is 10.2. The SMILES string of the molecule is CNC(=O)/C(=N\OCC(F)(F)F)c1csc(NC(=O)OC(C)(C)C)n1.CO. The molecular formula is C14H21F3N4O5S. The molecule has 0 aromatic carbocycles. The molecule has 1 heterocycles. The van der Waals surface area contributed by atoms with Crippen molar-refractivity contribution in [3.8, 4) is 0 Å². The summed E-state index contributed by atoms with van der Waals surface area (Å²) in [6.07, 6.45) is -5.36. The van der Waals surface area contributed by atoms with Gasteiger partial charge in [0.15, 0.2) is 10.8 Å². The zero-order valence-corrected chi connectivity index (χ0v) is 16.1. The number of ether oxygens (including phenoxy) is 1. The third-order valence-corrected chi connectivity index (χ3v) is 2.94. The standard InChI is InChI=1S/C13H17F3N4O4S.CH4O/c1-12(2,3)24-11(22)19-10-18-7(5-25-10)8(9(21)17-4)20-23-6-13(14,15)16;1-2/h5H,6H2,1-4H3,(H,17,21)(H,18,19,22);2H,1H3/b20-8-;. The van der Waals surface area contributed by atoms with E-state index in [1.165, 1.54) is 12.4 Å². The van der Waals surface area contributed by atoms with Crippen LogP contribution in [0.4, 0.5) is 23.1 Å². The van der Waals surface area contributed by atoms with Crippen LogP contribution < -0.4 is 10.6 Å². The van der Waals surface area contributed by atoms with E-state index in [4.69, 9.17) is 9.84 Å². The predicted molar refractivity (Wildman–Crippen MR) is 92.7 cm³/mol. The number of carbonyl (C=O) groups excluding carboxylic acids is 2. The van der Waals surface area contributed by atoms with Crippen LogP contribution >= 0.6 is 11.3 Å². The van der Waals surface area contributed by atoms with Gasteiger partial charge in [-0.25, -0.2) is 9.78 Å². The van der Waals surface area contributed by atoms with Crippen LogP contribution in [0.2, 0.25) is 0 Å². The number of likely N-dealkylation sites (N-methyl/N-ethyl adjacent to an activating group) is 1. The van der Waals surface area contributed by atoms with E-state index in [1.807, 2.05) is 0 Å². The number of alkyl halides is 3. The molecule has 0 atom stereocenters. The van der Waals surface area contributed by atoms with E-state index in [9.17, 15) is 22.8 Å². The summed E-state index contributed by atoms with van der Waals surface area (Å²) in [4.78, 5) is 31.5. The molecule has 0 radical (unpaired) electrons. The number of oxime groups is 1. The van der Waals surface area contributed by atoms with Crippen molar-refractivity contribution < 1.29 is 37.4 Å². The van der Waals surface area contributed by atoms with E-state index in [2.05, 4.69) is 25.6 Å². The second-order valence-electron chi connectivity index (χ2n) is 5.57. The van der Waals surface area contributed by atoms with Gasteiger partial charge in [-0.2, -0.15) is 13.2 Å². The lowest BCUT2D eigenvalue weighted by Crippen LogP contribution is -2.29. The first-order chi connectivity index (χ1) is 12.4. The lowest BCUT2D eigenvalue weighted by Gasteiger charge is -2.18. The molecule has 0 spiro atoms. The first-order valence-corrected chi connectivity index (χ1v) is 8.18. The van der Waals surface area contributed by atoms with Crippen molar-refractivity contribution >= 4 is 34.2 Å². The maximum absolute atomic E-state index is 12.1. The van der Waals surface area contributed by atoms with Gasteiger partial charge in [-0.1, -0.05) is 5.16 Å². The summed E-state index contributed by atoms with van der Waals surface area (Å²) in [5.74, 6) is -0.795. The number of aliphatic hydroxyl groups is 1. The molecule has 27 heavy (non-hydrogen) atoms. The minimum absolute atomic E-state index is 0.0578.